The van der Waals surface area contributed by atoms with Gasteiger partial charge >= 0.3 is 0 Å². The Morgan fingerprint density at radius 1 is 1.26 bits per heavy atom. The van der Waals surface area contributed by atoms with Crippen LogP contribution in [0.4, 0.5) is 4.39 Å². The van der Waals surface area contributed by atoms with Crippen LogP contribution >= 0.6 is 0 Å². The van der Waals surface area contributed by atoms with Crippen molar-refractivity contribution in [2.45, 2.75) is 13.2 Å². The second-order valence-corrected chi connectivity index (χ2v) is 3.95. The summed E-state index contributed by atoms with van der Waals surface area (Å²) in [6, 6.07) is 9.67. The topological polar surface area (TPSA) is 71.9 Å². The molecule has 0 saturated carbocycles. The zero-order chi connectivity index (χ0) is 13.7. The minimum absolute atomic E-state index is 0.241. The lowest BCUT2D eigenvalue weighted by Crippen LogP contribution is -2.00. The van der Waals surface area contributed by atoms with Crippen molar-refractivity contribution in [3.63, 3.8) is 0 Å². The van der Waals surface area contributed by atoms with Gasteiger partial charge in [0.05, 0.1) is 0 Å². The number of pyridine rings is 1. The molecule has 1 aromatic carbocycles. The molecular formula is C14H12FN3O. The van der Waals surface area contributed by atoms with E-state index in [-0.39, 0.29) is 19.0 Å². The van der Waals surface area contributed by atoms with E-state index in [9.17, 15) is 4.39 Å². The first-order chi connectivity index (χ1) is 9.21. The summed E-state index contributed by atoms with van der Waals surface area (Å²) in [6.07, 6.45) is 1.54. The van der Waals surface area contributed by atoms with E-state index in [4.69, 9.17) is 15.7 Å². The molecule has 0 aliphatic rings. The molecule has 2 rings (SSSR count). The van der Waals surface area contributed by atoms with Gasteiger partial charge < -0.3 is 10.5 Å². The Bertz CT molecular complexity index is 622. The highest BCUT2D eigenvalue weighted by atomic mass is 19.1. The van der Waals surface area contributed by atoms with E-state index in [1.165, 1.54) is 18.3 Å². The normalized spacial score (nSPS) is 9.95. The zero-order valence-electron chi connectivity index (χ0n) is 10.1. The Labute approximate surface area is 110 Å². The number of hydrogen-bond acceptors (Lipinski definition) is 4. The molecule has 0 saturated heterocycles. The van der Waals surface area contributed by atoms with Crippen molar-refractivity contribution in [3.8, 4) is 11.8 Å². The summed E-state index contributed by atoms with van der Waals surface area (Å²) in [7, 11) is 0. The Morgan fingerprint density at radius 2 is 2.11 bits per heavy atom. The van der Waals surface area contributed by atoms with Crippen molar-refractivity contribution in [2.75, 3.05) is 0 Å². The van der Waals surface area contributed by atoms with E-state index in [2.05, 4.69) is 4.98 Å². The minimum atomic E-state index is -0.384. The molecule has 0 aliphatic heterocycles. The molecule has 1 aromatic heterocycles. The third kappa shape index (κ3) is 3.50. The predicted molar refractivity (Wildman–Crippen MR) is 67.6 cm³/mol. The number of nitrogens with zero attached hydrogens (tertiary/aromatic N) is 2. The first-order valence-electron chi connectivity index (χ1n) is 5.68. The van der Waals surface area contributed by atoms with Crippen molar-refractivity contribution in [2.24, 2.45) is 5.73 Å². The van der Waals surface area contributed by atoms with E-state index in [0.717, 1.165) is 5.56 Å². The number of nitrogens with two attached hydrogens (primary N) is 1. The lowest BCUT2D eigenvalue weighted by Gasteiger charge is -2.08. The largest absolute Gasteiger partial charge is 0.489 e. The molecule has 0 bridgehead atoms. The fraction of sp³-hybridized carbons (Fsp3) is 0.143. The van der Waals surface area contributed by atoms with Crippen LogP contribution in [0.25, 0.3) is 0 Å². The number of aromatic nitrogens is 1. The second kappa shape index (κ2) is 5.94. The molecular weight excluding hydrogens is 245 g/mol. The smallest absolute Gasteiger partial charge is 0.140 e. The van der Waals surface area contributed by atoms with E-state index < -0.39 is 0 Å². The third-order valence-electron chi connectivity index (χ3n) is 2.51. The van der Waals surface area contributed by atoms with Gasteiger partial charge in [0.15, 0.2) is 0 Å². The van der Waals surface area contributed by atoms with Crippen molar-refractivity contribution < 1.29 is 9.13 Å². The zero-order valence-corrected chi connectivity index (χ0v) is 10.1. The second-order valence-electron chi connectivity index (χ2n) is 3.95. The Kier molecular flexibility index (Phi) is 4.06. The van der Waals surface area contributed by atoms with Gasteiger partial charge in [0.2, 0.25) is 0 Å². The third-order valence-corrected chi connectivity index (χ3v) is 2.51. The van der Waals surface area contributed by atoms with E-state index in [0.29, 0.717) is 17.0 Å². The number of ether oxygens (including phenoxy) is 1. The molecule has 4 nitrogen and oxygen atoms in total. The van der Waals surface area contributed by atoms with Crippen LogP contribution in [0, 0.1) is 17.1 Å². The minimum Gasteiger partial charge on any atom is -0.489 e. The molecule has 0 spiro atoms. The number of halogens is 1. The van der Waals surface area contributed by atoms with Crippen molar-refractivity contribution >= 4 is 0 Å². The van der Waals surface area contributed by atoms with Crippen LogP contribution in [0.2, 0.25) is 0 Å². The van der Waals surface area contributed by atoms with Gasteiger partial charge in [0.1, 0.15) is 29.9 Å². The van der Waals surface area contributed by atoms with Crippen molar-refractivity contribution in [1.29, 1.82) is 5.26 Å². The summed E-state index contributed by atoms with van der Waals surface area (Å²) in [5.74, 6) is 0.0289. The molecule has 0 aliphatic carbocycles. The molecule has 96 valence electrons. The lowest BCUT2D eigenvalue weighted by atomic mass is 10.2. The van der Waals surface area contributed by atoms with Gasteiger partial charge in [0, 0.05) is 18.8 Å². The predicted octanol–water partition coefficient (Wildman–Crippen LogP) is 2.13. The standard InChI is InChI=1S/C14H12FN3O/c15-12-3-11(7-16)5-14(6-12)19-9-10-1-2-18-13(4-10)8-17/h1-6H,7,9,16H2. The summed E-state index contributed by atoms with van der Waals surface area (Å²) in [6.45, 7) is 0.493. The molecule has 0 fully saturated rings. The number of nitriles is 1. The quantitative estimate of drug-likeness (QED) is 0.910. The van der Waals surface area contributed by atoms with Crippen molar-refractivity contribution in [3.05, 3.63) is 59.2 Å². The van der Waals surface area contributed by atoms with Crippen LogP contribution in [0.3, 0.4) is 0 Å². The van der Waals surface area contributed by atoms with Gasteiger partial charge in [-0.3, -0.25) is 0 Å². The van der Waals surface area contributed by atoms with Crippen LogP contribution in [-0.2, 0) is 13.2 Å². The monoisotopic (exact) mass is 257 g/mol. The maximum Gasteiger partial charge on any atom is 0.140 e. The average molecular weight is 257 g/mol. The summed E-state index contributed by atoms with van der Waals surface area (Å²) < 4.78 is 18.8. The molecule has 2 aromatic rings. The molecule has 0 atom stereocenters. The molecule has 0 radical (unpaired) electrons. The van der Waals surface area contributed by atoms with Crippen LogP contribution in [0.1, 0.15) is 16.8 Å². The molecule has 1 heterocycles. The molecule has 0 amide bonds. The fourth-order valence-corrected chi connectivity index (χ4v) is 1.61. The van der Waals surface area contributed by atoms with Gasteiger partial charge in [0.25, 0.3) is 0 Å². The first-order valence-corrected chi connectivity index (χ1v) is 5.68. The van der Waals surface area contributed by atoms with Crippen molar-refractivity contribution in [1.82, 2.24) is 4.98 Å². The Hall–Kier alpha value is -2.45. The maximum atomic E-state index is 13.3. The molecule has 19 heavy (non-hydrogen) atoms. The van der Waals surface area contributed by atoms with Crippen LogP contribution < -0.4 is 10.5 Å². The number of benzene rings is 1. The molecule has 0 unspecified atom stereocenters. The molecule has 5 heteroatoms. The summed E-state index contributed by atoms with van der Waals surface area (Å²) in [5, 5.41) is 8.74. The Morgan fingerprint density at radius 3 is 2.84 bits per heavy atom. The highest BCUT2D eigenvalue weighted by Gasteiger charge is 2.02. The SMILES string of the molecule is N#Cc1cc(COc2cc(F)cc(CN)c2)ccn1. The maximum absolute atomic E-state index is 13.3. The fourth-order valence-electron chi connectivity index (χ4n) is 1.61. The van der Waals surface area contributed by atoms with Gasteiger partial charge in [-0.05, 0) is 35.4 Å². The van der Waals surface area contributed by atoms with E-state index in [1.807, 2.05) is 6.07 Å². The summed E-state index contributed by atoms with van der Waals surface area (Å²) in [5.41, 5.74) is 7.25. The van der Waals surface area contributed by atoms with Gasteiger partial charge in [-0.25, -0.2) is 9.37 Å². The highest BCUT2D eigenvalue weighted by Crippen LogP contribution is 2.17. The average Bonchev–Trinajstić information content (AvgIpc) is 2.44. The van der Waals surface area contributed by atoms with E-state index in [1.54, 1.807) is 18.2 Å². The van der Waals surface area contributed by atoms with Crippen LogP contribution in [-0.4, -0.2) is 4.98 Å². The highest BCUT2D eigenvalue weighted by molar-refractivity contribution is 5.30. The van der Waals surface area contributed by atoms with Gasteiger partial charge in [-0.1, -0.05) is 0 Å². The first kappa shape index (κ1) is 13.0. The summed E-state index contributed by atoms with van der Waals surface area (Å²) in [4.78, 5) is 3.86. The van der Waals surface area contributed by atoms with Gasteiger partial charge in [-0.15, -0.1) is 0 Å². The Balaban J connectivity index is 2.10. The van der Waals surface area contributed by atoms with Crippen LogP contribution in [0.15, 0.2) is 36.5 Å². The van der Waals surface area contributed by atoms with E-state index >= 15 is 0 Å². The number of hydrogen-bond donors (Lipinski definition) is 1. The van der Waals surface area contributed by atoms with Crippen LogP contribution in [0.5, 0.6) is 5.75 Å². The van der Waals surface area contributed by atoms with Gasteiger partial charge in [-0.2, -0.15) is 5.26 Å². The number of rotatable bonds is 4. The molecule has 2 N–H and O–H groups in total. The lowest BCUT2D eigenvalue weighted by molar-refractivity contribution is 0.304. The summed E-state index contributed by atoms with van der Waals surface area (Å²) >= 11 is 0.